The number of sulfonamides is 1. The Morgan fingerprint density at radius 1 is 1.33 bits per heavy atom. The van der Waals surface area contributed by atoms with Crippen LogP contribution in [0.3, 0.4) is 0 Å². The van der Waals surface area contributed by atoms with Crippen molar-refractivity contribution < 1.29 is 13.2 Å². The molecule has 1 fully saturated rings. The van der Waals surface area contributed by atoms with Gasteiger partial charge < -0.3 is 4.74 Å². The fourth-order valence-corrected chi connectivity index (χ4v) is 4.88. The number of nitrogens with one attached hydrogen (secondary N) is 1. The fourth-order valence-electron chi connectivity index (χ4n) is 2.46. The summed E-state index contributed by atoms with van der Waals surface area (Å²) < 4.78 is 32.8. The van der Waals surface area contributed by atoms with Crippen LogP contribution in [0.5, 0.6) is 5.75 Å². The average Bonchev–Trinajstić information content (AvgIpc) is 2.99. The molecule has 2 unspecified atom stereocenters. The molecule has 1 aromatic carbocycles. The van der Waals surface area contributed by atoms with Gasteiger partial charge in [0.05, 0.1) is 12.0 Å². The third kappa shape index (κ3) is 2.97. The summed E-state index contributed by atoms with van der Waals surface area (Å²) in [4.78, 5) is 1.56. The number of hydrogen-bond donors (Lipinski definition) is 1. The van der Waals surface area contributed by atoms with Crippen molar-refractivity contribution in [3.8, 4) is 5.75 Å². The fraction of sp³-hybridized carbons (Fsp3) is 0.333. The van der Waals surface area contributed by atoms with E-state index >= 15 is 0 Å². The highest BCUT2D eigenvalue weighted by Crippen LogP contribution is 2.43. The van der Waals surface area contributed by atoms with Crippen LogP contribution in [0.25, 0.3) is 0 Å². The van der Waals surface area contributed by atoms with Gasteiger partial charge in [-0.1, -0.05) is 6.07 Å². The third-order valence-electron chi connectivity index (χ3n) is 3.68. The van der Waals surface area contributed by atoms with Crippen LogP contribution in [0, 0.1) is 6.92 Å². The molecule has 1 heterocycles. The quantitative estimate of drug-likeness (QED) is 0.920. The second kappa shape index (κ2) is 5.44. The van der Waals surface area contributed by atoms with Crippen molar-refractivity contribution in [2.75, 3.05) is 7.11 Å². The van der Waals surface area contributed by atoms with Crippen molar-refractivity contribution in [2.24, 2.45) is 0 Å². The monoisotopic (exact) mass is 323 g/mol. The van der Waals surface area contributed by atoms with E-state index in [0.29, 0.717) is 22.1 Å². The molecule has 0 saturated heterocycles. The predicted octanol–water partition coefficient (Wildman–Crippen LogP) is 2.90. The molecule has 1 saturated carbocycles. The van der Waals surface area contributed by atoms with Crippen molar-refractivity contribution in [1.82, 2.24) is 4.72 Å². The second-order valence-corrected chi connectivity index (χ2v) is 7.88. The molecule has 112 valence electrons. The van der Waals surface area contributed by atoms with Crippen LogP contribution >= 0.6 is 11.3 Å². The Labute approximate surface area is 128 Å². The summed E-state index contributed by atoms with van der Waals surface area (Å²) in [6, 6.07) is 9.07. The smallest absolute Gasteiger partial charge is 0.241 e. The van der Waals surface area contributed by atoms with Gasteiger partial charge in [-0.25, -0.2) is 13.1 Å². The minimum atomic E-state index is -3.48. The van der Waals surface area contributed by atoms with E-state index in [2.05, 4.69) is 10.8 Å². The number of hydrogen-bond acceptors (Lipinski definition) is 4. The molecule has 1 aromatic heterocycles. The van der Waals surface area contributed by atoms with E-state index in [0.717, 1.165) is 6.42 Å². The molecule has 6 heteroatoms. The van der Waals surface area contributed by atoms with Gasteiger partial charge in [0.2, 0.25) is 10.0 Å². The first-order chi connectivity index (χ1) is 10.0. The minimum absolute atomic E-state index is 0.00940. The van der Waals surface area contributed by atoms with E-state index in [1.165, 1.54) is 4.88 Å². The number of rotatable bonds is 5. The zero-order valence-electron chi connectivity index (χ0n) is 11.9. The Morgan fingerprint density at radius 2 is 2.14 bits per heavy atom. The van der Waals surface area contributed by atoms with Crippen LogP contribution in [-0.2, 0) is 10.0 Å². The molecule has 0 spiro atoms. The maximum Gasteiger partial charge on any atom is 0.241 e. The van der Waals surface area contributed by atoms with Crippen molar-refractivity contribution in [1.29, 1.82) is 0 Å². The number of methoxy groups -OCH3 is 1. The Morgan fingerprint density at radius 3 is 2.76 bits per heavy atom. The van der Waals surface area contributed by atoms with Crippen molar-refractivity contribution in [3.63, 3.8) is 0 Å². The molecule has 2 aromatic rings. The Kier molecular flexibility index (Phi) is 3.77. The van der Waals surface area contributed by atoms with E-state index in [9.17, 15) is 8.42 Å². The molecule has 0 aliphatic heterocycles. The van der Waals surface area contributed by atoms with Crippen LogP contribution in [0.2, 0.25) is 0 Å². The third-order valence-corrected chi connectivity index (χ3v) is 6.33. The summed E-state index contributed by atoms with van der Waals surface area (Å²) >= 11 is 1.68. The highest BCUT2D eigenvalue weighted by molar-refractivity contribution is 7.89. The van der Waals surface area contributed by atoms with Crippen LogP contribution in [0.4, 0.5) is 0 Å². The van der Waals surface area contributed by atoms with Gasteiger partial charge in [0.25, 0.3) is 0 Å². The lowest BCUT2D eigenvalue weighted by atomic mass is 10.2. The first-order valence-corrected chi connectivity index (χ1v) is 9.08. The standard InChI is InChI=1S/C15H17NO3S2/c1-10-8-11(19-2)5-6-15(10)21(17,18)16-13-9-12(13)14-4-3-7-20-14/h3-8,12-13,16H,9H2,1-2H3. The zero-order valence-corrected chi connectivity index (χ0v) is 13.5. The van der Waals surface area contributed by atoms with E-state index in [1.807, 2.05) is 11.4 Å². The van der Waals surface area contributed by atoms with E-state index < -0.39 is 10.0 Å². The van der Waals surface area contributed by atoms with E-state index in [4.69, 9.17) is 4.74 Å². The van der Waals surface area contributed by atoms with Gasteiger partial charge in [-0.05, 0) is 48.6 Å². The van der Waals surface area contributed by atoms with Crippen LogP contribution in [0.1, 0.15) is 22.8 Å². The Balaban J connectivity index is 1.76. The summed E-state index contributed by atoms with van der Waals surface area (Å²) in [6.45, 7) is 1.78. The van der Waals surface area contributed by atoms with Crippen molar-refractivity contribution >= 4 is 21.4 Å². The van der Waals surface area contributed by atoms with Crippen LogP contribution in [-0.4, -0.2) is 21.6 Å². The van der Waals surface area contributed by atoms with Crippen LogP contribution in [0.15, 0.2) is 40.6 Å². The highest BCUT2D eigenvalue weighted by atomic mass is 32.2. The maximum absolute atomic E-state index is 12.5. The first kappa shape index (κ1) is 14.6. The highest BCUT2D eigenvalue weighted by Gasteiger charge is 2.42. The molecule has 0 bridgehead atoms. The lowest BCUT2D eigenvalue weighted by Gasteiger charge is -2.10. The van der Waals surface area contributed by atoms with Crippen LogP contribution < -0.4 is 9.46 Å². The van der Waals surface area contributed by atoms with Gasteiger partial charge in [-0.2, -0.15) is 0 Å². The molecule has 4 nitrogen and oxygen atoms in total. The van der Waals surface area contributed by atoms with Gasteiger partial charge >= 0.3 is 0 Å². The number of thiophene rings is 1. The topological polar surface area (TPSA) is 55.4 Å². The van der Waals surface area contributed by atoms with Gasteiger partial charge in [-0.3, -0.25) is 0 Å². The first-order valence-electron chi connectivity index (χ1n) is 6.71. The molecular weight excluding hydrogens is 306 g/mol. The molecule has 0 radical (unpaired) electrons. The maximum atomic E-state index is 12.5. The normalized spacial score (nSPS) is 21.2. The SMILES string of the molecule is COc1ccc(S(=O)(=O)NC2CC2c2cccs2)c(C)c1. The predicted molar refractivity (Wildman–Crippen MR) is 83.5 cm³/mol. The molecule has 1 N–H and O–H groups in total. The Bertz CT molecular complexity index is 738. The summed E-state index contributed by atoms with van der Waals surface area (Å²) in [5, 5.41) is 2.02. The molecule has 21 heavy (non-hydrogen) atoms. The molecule has 1 aliphatic carbocycles. The average molecular weight is 323 g/mol. The molecule has 0 amide bonds. The lowest BCUT2D eigenvalue weighted by Crippen LogP contribution is -2.27. The molecule has 3 rings (SSSR count). The molecule has 1 aliphatic rings. The van der Waals surface area contributed by atoms with Gasteiger partial charge in [0.15, 0.2) is 0 Å². The van der Waals surface area contributed by atoms with E-state index in [-0.39, 0.29) is 6.04 Å². The summed E-state index contributed by atoms with van der Waals surface area (Å²) in [5.74, 6) is 0.979. The summed E-state index contributed by atoms with van der Waals surface area (Å²) in [6.07, 6.45) is 0.870. The second-order valence-electron chi connectivity index (χ2n) is 5.22. The van der Waals surface area contributed by atoms with Crippen molar-refractivity contribution in [2.45, 2.75) is 30.2 Å². The lowest BCUT2D eigenvalue weighted by molar-refractivity contribution is 0.414. The van der Waals surface area contributed by atoms with Crippen molar-refractivity contribution in [3.05, 3.63) is 46.2 Å². The zero-order chi connectivity index (χ0) is 15.0. The van der Waals surface area contributed by atoms with Gasteiger partial charge in [0.1, 0.15) is 5.75 Å². The largest absolute Gasteiger partial charge is 0.497 e. The van der Waals surface area contributed by atoms with E-state index in [1.54, 1.807) is 43.6 Å². The Hall–Kier alpha value is -1.37. The molecular formula is C15H17NO3S2. The van der Waals surface area contributed by atoms with Gasteiger partial charge in [-0.15, -0.1) is 11.3 Å². The van der Waals surface area contributed by atoms with Gasteiger partial charge in [0, 0.05) is 16.8 Å². The number of ether oxygens (including phenoxy) is 1. The minimum Gasteiger partial charge on any atom is -0.497 e. The summed E-state index contributed by atoms with van der Waals surface area (Å²) in [7, 11) is -1.91. The summed E-state index contributed by atoms with van der Waals surface area (Å²) in [5.41, 5.74) is 0.690. The number of aryl methyl sites for hydroxylation is 1. The molecule has 2 atom stereocenters. The number of benzene rings is 1.